The van der Waals surface area contributed by atoms with Crippen molar-refractivity contribution < 1.29 is 21.6 Å². The average Bonchev–Trinajstić information content (AvgIpc) is 2.12. The lowest BCUT2D eigenvalue weighted by Crippen LogP contribution is -2.33. The average molecular weight is 273 g/mol. The number of rotatable bonds is 8. The van der Waals surface area contributed by atoms with Crippen molar-refractivity contribution in [3.63, 3.8) is 0 Å². The van der Waals surface area contributed by atoms with Crippen LogP contribution in [0, 0.1) is 0 Å². The van der Waals surface area contributed by atoms with Crippen molar-refractivity contribution >= 4 is 19.9 Å². The summed E-state index contributed by atoms with van der Waals surface area (Å²) in [6.45, 7) is 1.93. The van der Waals surface area contributed by atoms with Gasteiger partial charge in [-0.2, -0.15) is 0 Å². The standard InChI is InChI=1S/C8H19NO5S2/c1-8(14-2)7-9-16(12,13)6-4-5-15(3,10)11/h8-9H,4-7H2,1-3H3. The van der Waals surface area contributed by atoms with E-state index >= 15 is 0 Å². The number of nitrogens with one attached hydrogen (secondary N) is 1. The van der Waals surface area contributed by atoms with Crippen LogP contribution in [0.5, 0.6) is 0 Å². The fraction of sp³-hybridized carbons (Fsp3) is 1.00. The van der Waals surface area contributed by atoms with E-state index in [1.807, 2.05) is 0 Å². The molecule has 16 heavy (non-hydrogen) atoms. The third kappa shape index (κ3) is 9.08. The van der Waals surface area contributed by atoms with E-state index < -0.39 is 19.9 Å². The third-order valence-corrected chi connectivity index (χ3v) is 4.38. The van der Waals surface area contributed by atoms with E-state index in [-0.39, 0.29) is 30.6 Å². The van der Waals surface area contributed by atoms with Gasteiger partial charge in [0.2, 0.25) is 10.0 Å². The molecular formula is C8H19NO5S2. The van der Waals surface area contributed by atoms with E-state index in [9.17, 15) is 16.8 Å². The van der Waals surface area contributed by atoms with Crippen molar-refractivity contribution in [3.05, 3.63) is 0 Å². The minimum Gasteiger partial charge on any atom is -0.380 e. The summed E-state index contributed by atoms with van der Waals surface area (Å²) >= 11 is 0. The van der Waals surface area contributed by atoms with Crippen LogP contribution in [-0.2, 0) is 24.6 Å². The van der Waals surface area contributed by atoms with Crippen molar-refractivity contribution in [2.75, 3.05) is 31.4 Å². The lowest BCUT2D eigenvalue weighted by molar-refractivity contribution is 0.122. The van der Waals surface area contributed by atoms with E-state index in [1.165, 1.54) is 7.11 Å². The van der Waals surface area contributed by atoms with Gasteiger partial charge in [0.25, 0.3) is 0 Å². The second-order valence-electron chi connectivity index (χ2n) is 3.70. The number of hydrogen-bond acceptors (Lipinski definition) is 5. The first kappa shape index (κ1) is 15.8. The number of hydrogen-bond donors (Lipinski definition) is 1. The molecule has 0 fully saturated rings. The Bertz CT molecular complexity index is 387. The van der Waals surface area contributed by atoms with Crippen LogP contribution in [0.2, 0.25) is 0 Å². The van der Waals surface area contributed by atoms with E-state index in [0.29, 0.717) is 0 Å². The molecule has 1 unspecified atom stereocenters. The van der Waals surface area contributed by atoms with Crippen LogP contribution in [0.15, 0.2) is 0 Å². The molecule has 0 heterocycles. The molecule has 0 aromatic heterocycles. The van der Waals surface area contributed by atoms with Gasteiger partial charge in [-0.25, -0.2) is 21.6 Å². The molecule has 0 bridgehead atoms. The highest BCUT2D eigenvalue weighted by Crippen LogP contribution is 1.95. The Kier molecular flexibility index (Phi) is 6.46. The first-order valence-electron chi connectivity index (χ1n) is 4.84. The molecule has 6 nitrogen and oxygen atoms in total. The highest BCUT2D eigenvalue weighted by atomic mass is 32.2. The fourth-order valence-corrected chi connectivity index (χ4v) is 2.92. The van der Waals surface area contributed by atoms with E-state index in [1.54, 1.807) is 6.92 Å². The van der Waals surface area contributed by atoms with Crippen LogP contribution < -0.4 is 4.72 Å². The summed E-state index contributed by atoms with van der Waals surface area (Å²) < 4.78 is 51.6. The zero-order chi connectivity index (χ0) is 12.8. The quantitative estimate of drug-likeness (QED) is 0.636. The second kappa shape index (κ2) is 6.53. The van der Waals surface area contributed by atoms with Gasteiger partial charge in [0.1, 0.15) is 9.84 Å². The summed E-state index contributed by atoms with van der Waals surface area (Å²) in [6, 6.07) is 0. The molecule has 0 saturated carbocycles. The van der Waals surface area contributed by atoms with E-state index in [2.05, 4.69) is 4.72 Å². The predicted octanol–water partition coefficient (Wildman–Crippen LogP) is -0.625. The van der Waals surface area contributed by atoms with Crippen LogP contribution in [0.1, 0.15) is 13.3 Å². The monoisotopic (exact) mass is 273 g/mol. The Morgan fingerprint density at radius 1 is 1.19 bits per heavy atom. The maximum atomic E-state index is 11.4. The zero-order valence-corrected chi connectivity index (χ0v) is 11.4. The van der Waals surface area contributed by atoms with Crippen molar-refractivity contribution in [1.82, 2.24) is 4.72 Å². The van der Waals surface area contributed by atoms with Crippen molar-refractivity contribution in [2.45, 2.75) is 19.4 Å². The summed E-state index contributed by atoms with van der Waals surface area (Å²) in [4.78, 5) is 0. The molecular weight excluding hydrogens is 254 g/mol. The maximum Gasteiger partial charge on any atom is 0.211 e. The first-order valence-corrected chi connectivity index (χ1v) is 8.55. The largest absolute Gasteiger partial charge is 0.380 e. The van der Waals surface area contributed by atoms with Gasteiger partial charge in [-0.05, 0) is 13.3 Å². The van der Waals surface area contributed by atoms with Gasteiger partial charge < -0.3 is 4.74 Å². The van der Waals surface area contributed by atoms with Gasteiger partial charge in [-0.1, -0.05) is 0 Å². The summed E-state index contributed by atoms with van der Waals surface area (Å²) in [5.74, 6) is -0.301. The van der Waals surface area contributed by atoms with Crippen molar-refractivity contribution in [3.8, 4) is 0 Å². The minimum absolute atomic E-state index is 0.107. The smallest absolute Gasteiger partial charge is 0.211 e. The molecule has 1 atom stereocenters. The minimum atomic E-state index is -3.40. The molecule has 0 saturated heterocycles. The van der Waals surface area contributed by atoms with Crippen LogP contribution in [0.25, 0.3) is 0 Å². The van der Waals surface area contributed by atoms with Crippen molar-refractivity contribution in [2.24, 2.45) is 0 Å². The molecule has 0 rings (SSSR count). The molecule has 0 spiro atoms. The Morgan fingerprint density at radius 2 is 1.75 bits per heavy atom. The summed E-state index contributed by atoms with van der Waals surface area (Å²) in [5, 5.41) is 0. The molecule has 98 valence electrons. The molecule has 0 aliphatic rings. The normalized spacial score (nSPS) is 14.9. The van der Waals surface area contributed by atoms with Gasteiger partial charge in [-0.3, -0.25) is 0 Å². The molecule has 0 aliphatic heterocycles. The highest BCUT2D eigenvalue weighted by molar-refractivity contribution is 7.91. The number of ether oxygens (including phenoxy) is 1. The van der Waals surface area contributed by atoms with Crippen molar-refractivity contribution in [1.29, 1.82) is 0 Å². The van der Waals surface area contributed by atoms with Crippen LogP contribution >= 0.6 is 0 Å². The molecule has 0 aliphatic carbocycles. The maximum absolute atomic E-state index is 11.4. The van der Waals surface area contributed by atoms with Gasteiger partial charge in [0, 0.05) is 19.9 Å². The third-order valence-electron chi connectivity index (χ3n) is 1.92. The molecule has 0 amide bonds. The summed E-state index contributed by atoms with van der Waals surface area (Å²) in [6.07, 6.45) is 0.986. The molecule has 0 aromatic rings. The number of sulfonamides is 1. The van der Waals surface area contributed by atoms with Gasteiger partial charge in [-0.15, -0.1) is 0 Å². The molecule has 0 aromatic carbocycles. The summed E-state index contributed by atoms with van der Waals surface area (Å²) in [5.41, 5.74) is 0. The lowest BCUT2D eigenvalue weighted by atomic mass is 10.4. The Hall–Kier alpha value is -0.180. The fourth-order valence-electron chi connectivity index (χ4n) is 0.911. The first-order chi connectivity index (χ1) is 7.16. The van der Waals surface area contributed by atoms with Crippen LogP contribution in [0.4, 0.5) is 0 Å². The number of sulfone groups is 1. The van der Waals surface area contributed by atoms with Gasteiger partial charge in [0.05, 0.1) is 17.6 Å². The molecule has 0 radical (unpaired) electrons. The highest BCUT2D eigenvalue weighted by Gasteiger charge is 2.13. The zero-order valence-electron chi connectivity index (χ0n) is 9.76. The summed E-state index contributed by atoms with van der Waals surface area (Å²) in [7, 11) is -5.01. The topological polar surface area (TPSA) is 89.5 Å². The number of methoxy groups -OCH3 is 1. The SMILES string of the molecule is COC(C)CNS(=O)(=O)CCCS(C)(=O)=O. The van der Waals surface area contributed by atoms with Gasteiger partial charge in [0.15, 0.2) is 0 Å². The van der Waals surface area contributed by atoms with E-state index in [0.717, 1.165) is 6.26 Å². The Balaban J connectivity index is 3.98. The Labute approximate surface area is 97.3 Å². The predicted molar refractivity (Wildman–Crippen MR) is 62.6 cm³/mol. The molecule has 8 heteroatoms. The Morgan fingerprint density at radius 3 is 2.19 bits per heavy atom. The van der Waals surface area contributed by atoms with E-state index in [4.69, 9.17) is 4.74 Å². The molecule has 1 N–H and O–H groups in total. The van der Waals surface area contributed by atoms with Crippen LogP contribution in [0.3, 0.4) is 0 Å². The van der Waals surface area contributed by atoms with Gasteiger partial charge >= 0.3 is 0 Å². The second-order valence-corrected chi connectivity index (χ2v) is 7.88. The lowest BCUT2D eigenvalue weighted by Gasteiger charge is -2.10. The van der Waals surface area contributed by atoms with Crippen LogP contribution in [-0.4, -0.2) is 54.4 Å².